The molecule has 0 aliphatic carbocycles. The van der Waals surface area contributed by atoms with Crippen molar-refractivity contribution in [2.24, 2.45) is 0 Å². The van der Waals surface area contributed by atoms with Crippen LogP contribution < -0.4 is 10.6 Å². The van der Waals surface area contributed by atoms with Crippen molar-refractivity contribution in [3.8, 4) is 0 Å². The van der Waals surface area contributed by atoms with Crippen LogP contribution in [0.2, 0.25) is 0 Å². The summed E-state index contributed by atoms with van der Waals surface area (Å²) in [6, 6.07) is 10.7. The van der Waals surface area contributed by atoms with Crippen molar-refractivity contribution in [2.45, 2.75) is 32.6 Å². The van der Waals surface area contributed by atoms with Gasteiger partial charge in [0.15, 0.2) is 11.5 Å². The Morgan fingerprint density at radius 1 is 0.962 bits per heavy atom. The highest BCUT2D eigenvalue weighted by Gasteiger charge is 2.18. The average Bonchev–Trinajstić information content (AvgIpc) is 2.91. The summed E-state index contributed by atoms with van der Waals surface area (Å²) in [5.74, 6) is 0.356. The van der Waals surface area contributed by atoms with Crippen molar-refractivity contribution < 1.29 is 9.59 Å². The van der Waals surface area contributed by atoms with E-state index in [1.165, 1.54) is 19.8 Å². The predicted octanol–water partition coefficient (Wildman–Crippen LogP) is 3.19. The predicted molar refractivity (Wildman–Crippen MR) is 100 cm³/mol. The van der Waals surface area contributed by atoms with Gasteiger partial charge in [-0.2, -0.15) is 0 Å². The molecule has 1 aliphatic heterocycles. The average molecular weight is 353 g/mol. The first kappa shape index (κ1) is 17.8. The number of aromatic nitrogens is 2. The van der Waals surface area contributed by atoms with E-state index in [-0.39, 0.29) is 11.8 Å². The molecule has 7 nitrogen and oxygen atoms in total. The smallest absolute Gasteiger partial charge is 0.274 e. The van der Waals surface area contributed by atoms with Crippen molar-refractivity contribution in [3.05, 3.63) is 42.1 Å². The van der Waals surface area contributed by atoms with Gasteiger partial charge in [0.05, 0.1) is 0 Å². The van der Waals surface area contributed by atoms with Gasteiger partial charge in [-0.15, -0.1) is 10.2 Å². The van der Waals surface area contributed by atoms with Gasteiger partial charge in [-0.1, -0.05) is 18.9 Å². The third-order valence-electron chi connectivity index (χ3n) is 4.23. The molecule has 26 heavy (non-hydrogen) atoms. The quantitative estimate of drug-likeness (QED) is 0.881. The standard InChI is InChI=1S/C19H23N5O2/c1-14(25)20-15-7-6-8-16(13-15)21-18-10-9-17(22-23-18)19(26)24-11-4-2-3-5-12-24/h6-10,13H,2-5,11-12H2,1H3,(H,20,25)(H,21,23). The van der Waals surface area contributed by atoms with Crippen LogP contribution in [0.3, 0.4) is 0 Å². The molecule has 2 aromatic rings. The number of benzene rings is 1. The Hall–Kier alpha value is -2.96. The summed E-state index contributed by atoms with van der Waals surface area (Å²) >= 11 is 0. The molecule has 2 amide bonds. The number of hydrogen-bond donors (Lipinski definition) is 2. The van der Waals surface area contributed by atoms with Crippen molar-refractivity contribution in [3.63, 3.8) is 0 Å². The Morgan fingerprint density at radius 3 is 2.35 bits per heavy atom. The summed E-state index contributed by atoms with van der Waals surface area (Å²) in [5, 5.41) is 14.0. The number of nitrogens with one attached hydrogen (secondary N) is 2. The van der Waals surface area contributed by atoms with Crippen LogP contribution in [0.1, 0.15) is 43.1 Å². The second kappa shape index (κ2) is 8.42. The maximum Gasteiger partial charge on any atom is 0.274 e. The molecule has 0 saturated carbocycles. The van der Waals surface area contributed by atoms with Gasteiger partial charge in [0.1, 0.15) is 0 Å². The molecule has 1 aliphatic rings. The molecule has 1 aromatic heterocycles. The SMILES string of the molecule is CC(=O)Nc1cccc(Nc2ccc(C(=O)N3CCCCCC3)nn2)c1. The van der Waals surface area contributed by atoms with Crippen molar-refractivity contribution in [2.75, 3.05) is 23.7 Å². The largest absolute Gasteiger partial charge is 0.339 e. The Bertz CT molecular complexity index is 768. The Balaban J connectivity index is 1.66. The molecule has 0 radical (unpaired) electrons. The van der Waals surface area contributed by atoms with E-state index in [1.807, 2.05) is 17.0 Å². The van der Waals surface area contributed by atoms with Crippen LogP contribution in [-0.2, 0) is 4.79 Å². The van der Waals surface area contributed by atoms with Gasteiger partial charge in [0, 0.05) is 31.4 Å². The van der Waals surface area contributed by atoms with Crippen LogP contribution in [0.25, 0.3) is 0 Å². The van der Waals surface area contributed by atoms with Crippen molar-refractivity contribution >= 4 is 29.0 Å². The Morgan fingerprint density at radius 2 is 1.69 bits per heavy atom. The van der Waals surface area contributed by atoms with Crippen LogP contribution in [0, 0.1) is 0 Å². The molecule has 7 heteroatoms. The number of hydrogen-bond acceptors (Lipinski definition) is 5. The molecule has 0 unspecified atom stereocenters. The third kappa shape index (κ3) is 4.78. The fourth-order valence-electron chi connectivity index (χ4n) is 2.97. The van der Waals surface area contributed by atoms with Crippen molar-refractivity contribution in [1.29, 1.82) is 0 Å². The number of likely N-dealkylation sites (tertiary alicyclic amines) is 1. The molecule has 0 spiro atoms. The van der Waals surface area contributed by atoms with E-state index in [2.05, 4.69) is 20.8 Å². The van der Waals surface area contributed by atoms with Gasteiger partial charge in [0.2, 0.25) is 5.91 Å². The fraction of sp³-hybridized carbons (Fsp3) is 0.368. The Kier molecular flexibility index (Phi) is 5.78. The normalized spacial score (nSPS) is 14.4. The lowest BCUT2D eigenvalue weighted by Gasteiger charge is -2.19. The maximum absolute atomic E-state index is 12.5. The van der Waals surface area contributed by atoms with Gasteiger partial charge in [-0.3, -0.25) is 9.59 Å². The first-order valence-electron chi connectivity index (χ1n) is 8.89. The number of anilines is 3. The summed E-state index contributed by atoms with van der Waals surface area (Å²) in [4.78, 5) is 25.5. The van der Waals surface area contributed by atoms with Crippen molar-refractivity contribution in [1.82, 2.24) is 15.1 Å². The van der Waals surface area contributed by atoms with E-state index in [4.69, 9.17) is 0 Å². The number of carbonyl (C=O) groups excluding carboxylic acids is 2. The number of carbonyl (C=O) groups is 2. The zero-order chi connectivity index (χ0) is 18.4. The van der Waals surface area contributed by atoms with E-state index in [1.54, 1.807) is 24.3 Å². The second-order valence-corrected chi connectivity index (χ2v) is 6.40. The number of amides is 2. The summed E-state index contributed by atoms with van der Waals surface area (Å²) < 4.78 is 0. The minimum absolute atomic E-state index is 0.0568. The minimum atomic E-state index is -0.127. The van der Waals surface area contributed by atoms with Crippen LogP contribution in [-0.4, -0.2) is 40.0 Å². The summed E-state index contributed by atoms with van der Waals surface area (Å²) in [6.07, 6.45) is 4.44. The van der Waals surface area contributed by atoms with E-state index < -0.39 is 0 Å². The molecule has 3 rings (SSSR count). The van der Waals surface area contributed by atoms with Gasteiger partial charge in [0.25, 0.3) is 5.91 Å². The van der Waals surface area contributed by atoms with Gasteiger partial charge < -0.3 is 15.5 Å². The lowest BCUT2D eigenvalue weighted by molar-refractivity contribution is -0.114. The van der Waals surface area contributed by atoms with E-state index >= 15 is 0 Å². The fourth-order valence-corrected chi connectivity index (χ4v) is 2.97. The monoisotopic (exact) mass is 353 g/mol. The number of rotatable bonds is 4. The van der Waals surface area contributed by atoms with Crippen LogP contribution in [0.5, 0.6) is 0 Å². The van der Waals surface area contributed by atoms with Crippen LogP contribution in [0.4, 0.5) is 17.2 Å². The van der Waals surface area contributed by atoms with Gasteiger partial charge in [-0.05, 0) is 43.2 Å². The zero-order valence-electron chi connectivity index (χ0n) is 14.9. The molecular formula is C19H23N5O2. The number of nitrogens with zero attached hydrogens (tertiary/aromatic N) is 3. The van der Waals surface area contributed by atoms with Crippen LogP contribution in [0.15, 0.2) is 36.4 Å². The highest BCUT2D eigenvalue weighted by atomic mass is 16.2. The first-order chi connectivity index (χ1) is 12.6. The molecule has 0 bridgehead atoms. The lowest BCUT2D eigenvalue weighted by atomic mass is 10.2. The zero-order valence-corrected chi connectivity index (χ0v) is 14.9. The third-order valence-corrected chi connectivity index (χ3v) is 4.23. The molecule has 1 aromatic carbocycles. The summed E-state index contributed by atoms with van der Waals surface area (Å²) in [7, 11) is 0. The van der Waals surface area contributed by atoms with E-state index in [0.29, 0.717) is 17.2 Å². The van der Waals surface area contributed by atoms with Gasteiger partial charge in [-0.25, -0.2) is 0 Å². The van der Waals surface area contributed by atoms with Gasteiger partial charge >= 0.3 is 0 Å². The molecule has 0 atom stereocenters. The molecule has 1 fully saturated rings. The summed E-state index contributed by atoms with van der Waals surface area (Å²) in [5.41, 5.74) is 1.84. The van der Waals surface area contributed by atoms with Crippen LogP contribution >= 0.6 is 0 Å². The summed E-state index contributed by atoms with van der Waals surface area (Å²) in [6.45, 7) is 3.04. The molecular weight excluding hydrogens is 330 g/mol. The maximum atomic E-state index is 12.5. The highest BCUT2D eigenvalue weighted by Crippen LogP contribution is 2.19. The lowest BCUT2D eigenvalue weighted by Crippen LogP contribution is -2.32. The topological polar surface area (TPSA) is 87.2 Å². The first-order valence-corrected chi connectivity index (χ1v) is 8.89. The molecule has 2 N–H and O–H groups in total. The van der Waals surface area contributed by atoms with E-state index in [9.17, 15) is 9.59 Å². The Labute approximate surface area is 152 Å². The minimum Gasteiger partial charge on any atom is -0.339 e. The molecule has 136 valence electrons. The molecule has 2 heterocycles. The molecule has 1 saturated heterocycles. The highest BCUT2D eigenvalue weighted by molar-refractivity contribution is 5.92. The van der Waals surface area contributed by atoms with E-state index in [0.717, 1.165) is 31.6 Å². The second-order valence-electron chi connectivity index (χ2n) is 6.40.